The van der Waals surface area contributed by atoms with E-state index in [4.69, 9.17) is 33.4 Å². The van der Waals surface area contributed by atoms with E-state index in [0.29, 0.717) is 0 Å². The summed E-state index contributed by atoms with van der Waals surface area (Å²) in [4.78, 5) is 8.89. The number of carboxylic acid groups (broad SMARTS) is 1. The van der Waals surface area contributed by atoms with Crippen LogP contribution in [0.15, 0.2) is 0 Å². The quantitative estimate of drug-likeness (QED) is 0.293. The monoisotopic (exact) mass is 506 g/mol. The molecule has 0 aromatic carbocycles. The number of rotatable bonds is 0. The molecule has 0 saturated heterocycles. The standard InChI is InChI=1S/C2H4O2.3AsHO2.2Cu/c1-2(3)4;3*2-1-3;;/h1H3,(H,3,4);3*(H,2,3);;/q;;;;2*+2/p-4. The summed E-state index contributed by atoms with van der Waals surface area (Å²) in [6, 6.07) is 0. The topological polar surface area (TPSA) is 161 Å². The van der Waals surface area contributed by atoms with Gasteiger partial charge in [0.2, 0.25) is 0 Å². The fourth-order valence-electron chi connectivity index (χ4n) is 0. The van der Waals surface area contributed by atoms with Gasteiger partial charge in [0.1, 0.15) is 0 Å². The van der Waals surface area contributed by atoms with Crippen molar-refractivity contribution >= 4 is 54.1 Å². The van der Waals surface area contributed by atoms with Gasteiger partial charge in [-0.2, -0.15) is 0 Å². The third-order valence-electron chi connectivity index (χ3n) is 0. The Hall–Kier alpha value is 1.46. The van der Waals surface area contributed by atoms with Gasteiger partial charge >= 0.3 is 106 Å². The molecule has 8 nitrogen and oxygen atoms in total. The van der Waals surface area contributed by atoms with Crippen LogP contribution in [0.25, 0.3) is 0 Å². The smallest absolute Gasteiger partial charge is 2.00 e. The molecule has 0 rings (SSSR count). The first kappa shape index (κ1) is 36.0. The van der Waals surface area contributed by atoms with Crippen LogP contribution in [0.4, 0.5) is 0 Å². The summed E-state index contributed by atoms with van der Waals surface area (Å²) < 4.78 is 50.8. The van der Waals surface area contributed by atoms with E-state index in [1.165, 1.54) is 0 Å². The fourth-order valence-corrected chi connectivity index (χ4v) is 0. The molecule has 15 heavy (non-hydrogen) atoms. The Morgan fingerprint density at radius 2 is 0.867 bits per heavy atom. The van der Waals surface area contributed by atoms with Gasteiger partial charge in [-0.05, 0) is 6.92 Å². The molecular weight excluding hydrogens is 504 g/mol. The van der Waals surface area contributed by atoms with Crippen LogP contribution in [0.3, 0.4) is 0 Å². The van der Waals surface area contributed by atoms with E-state index < -0.39 is 54.1 Å². The Balaban J connectivity index is -0.0000000174. The minimum absolute atomic E-state index is 0. The van der Waals surface area contributed by atoms with Crippen molar-refractivity contribution in [3.63, 3.8) is 0 Å². The first-order chi connectivity index (χ1) is 5.97. The van der Waals surface area contributed by atoms with E-state index in [1.807, 2.05) is 0 Å². The van der Waals surface area contributed by atoms with Crippen molar-refractivity contribution in [2.24, 2.45) is 0 Å². The van der Waals surface area contributed by atoms with Crippen molar-refractivity contribution in [3.05, 3.63) is 0 Å². The van der Waals surface area contributed by atoms with E-state index in [1.54, 1.807) is 0 Å². The molecule has 2 radical (unpaired) electrons. The number of hydrogen-bond acceptors (Lipinski definition) is 8. The van der Waals surface area contributed by atoms with Crippen molar-refractivity contribution in [2.45, 2.75) is 6.92 Å². The van der Waals surface area contributed by atoms with E-state index in [9.17, 15) is 0 Å². The Morgan fingerprint density at radius 3 is 0.867 bits per heavy atom. The zero-order valence-corrected chi connectivity index (χ0v) is 14.2. The summed E-state index contributed by atoms with van der Waals surface area (Å²) in [5.74, 6) is -1.08. The van der Waals surface area contributed by atoms with E-state index in [-0.39, 0.29) is 34.1 Å². The van der Waals surface area contributed by atoms with Crippen LogP contribution in [-0.2, 0) is 50.2 Å². The van der Waals surface area contributed by atoms with Gasteiger partial charge in [-0.3, -0.25) is 0 Å². The van der Waals surface area contributed by atoms with Gasteiger partial charge in [-0.15, -0.1) is 0 Å². The first-order valence-electron chi connectivity index (χ1n) is 2.00. The van der Waals surface area contributed by atoms with Crippen LogP contribution in [0.5, 0.6) is 0 Å². The number of aliphatic carboxylic acids is 1. The van der Waals surface area contributed by atoms with Crippen LogP contribution in [0.2, 0.25) is 0 Å². The Labute approximate surface area is 127 Å². The maximum absolute atomic E-state index is 8.89. The van der Waals surface area contributed by atoms with Gasteiger partial charge in [-0.25, -0.2) is 0 Å². The zero-order valence-electron chi connectivity index (χ0n) is 6.71. The van der Waals surface area contributed by atoms with Crippen molar-refractivity contribution in [1.29, 1.82) is 0 Å². The fraction of sp³-hybridized carbons (Fsp3) is 0.500. The molecule has 0 amide bonds. The molecule has 0 saturated carbocycles. The minimum atomic E-state index is -1.81. The third kappa shape index (κ3) is 1310. The van der Waals surface area contributed by atoms with Crippen LogP contribution < -0.4 is 17.4 Å². The summed E-state index contributed by atoms with van der Waals surface area (Å²) in [7, 11) is 0. The molecule has 0 N–H and O–H groups in total. The molecule has 96 valence electrons. The summed E-state index contributed by atoms with van der Waals surface area (Å²) in [6.45, 7) is 0.972. The molecule has 0 unspecified atom stereocenters. The number of hydrogen-bond donors (Lipinski definition) is 0. The molecule has 0 atom stereocenters. The maximum atomic E-state index is 8.89. The van der Waals surface area contributed by atoms with Crippen LogP contribution in [0.1, 0.15) is 6.92 Å². The van der Waals surface area contributed by atoms with Gasteiger partial charge in [-0.1, -0.05) is 0 Å². The number of carbonyl (C=O) groups excluding carboxylic acids is 1. The second-order valence-corrected chi connectivity index (χ2v) is 1.65. The maximum Gasteiger partial charge on any atom is 2.00 e. The predicted octanol–water partition coefficient (Wildman–Crippen LogP) is -6.31. The van der Waals surface area contributed by atoms with Crippen molar-refractivity contribution in [2.75, 3.05) is 0 Å². The molecule has 0 fully saturated rings. The third-order valence-corrected chi connectivity index (χ3v) is 0. The largest absolute Gasteiger partial charge is 2.00 e. The Bertz CT molecular complexity index is 115. The average Bonchev–Trinajstić information content (AvgIpc) is 1.88. The summed E-state index contributed by atoms with van der Waals surface area (Å²) in [6.07, 6.45) is 0. The van der Waals surface area contributed by atoms with Crippen molar-refractivity contribution < 1.29 is 67.5 Å². The van der Waals surface area contributed by atoms with E-state index in [0.717, 1.165) is 6.92 Å². The predicted molar refractivity (Wildman–Crippen MR) is 30.0 cm³/mol. The Kier molecular flexibility index (Phi) is 139. The average molecular weight is 507 g/mol. The second-order valence-electron chi connectivity index (χ2n) is 0.715. The van der Waals surface area contributed by atoms with Gasteiger partial charge in [0.25, 0.3) is 0 Å². The number of carboxylic acids is 1. The van der Waals surface area contributed by atoms with Gasteiger partial charge in [0.05, 0.1) is 0 Å². The molecule has 0 bridgehead atoms. The van der Waals surface area contributed by atoms with E-state index in [2.05, 4.69) is 0 Å². The Morgan fingerprint density at radius 1 is 0.867 bits per heavy atom. The minimum Gasteiger partial charge on any atom is 2.00 e. The van der Waals surface area contributed by atoms with E-state index >= 15 is 0 Å². The zero-order chi connectivity index (χ0) is 11.7. The van der Waals surface area contributed by atoms with Crippen LogP contribution in [0, 0.1) is 0 Å². The van der Waals surface area contributed by atoms with Gasteiger partial charge < -0.3 is 9.90 Å². The molecular formula is C2H3As3Cu2O8. The molecule has 0 spiro atoms. The van der Waals surface area contributed by atoms with Crippen molar-refractivity contribution in [1.82, 2.24) is 0 Å². The van der Waals surface area contributed by atoms with Gasteiger partial charge in [0, 0.05) is 5.97 Å². The molecule has 13 heteroatoms. The van der Waals surface area contributed by atoms with Crippen LogP contribution >= 0.6 is 0 Å². The summed E-state index contributed by atoms with van der Waals surface area (Å²) in [5.41, 5.74) is 0. The van der Waals surface area contributed by atoms with Crippen molar-refractivity contribution in [3.8, 4) is 0 Å². The normalized spacial score (nSPS) is 5.87. The SMILES string of the molecule is CC(=O)[O-].O=[As][O-].O=[As][O-].O=[As][O-].[Cu+2].[Cu+2]. The van der Waals surface area contributed by atoms with Crippen LogP contribution in [-0.4, -0.2) is 54.1 Å². The molecule has 0 aliphatic rings. The molecule has 0 aromatic heterocycles. The summed E-state index contributed by atoms with van der Waals surface area (Å²) >= 11 is -5.44. The molecule has 0 heterocycles. The molecule has 0 aromatic rings. The second kappa shape index (κ2) is 58.1. The number of carbonyl (C=O) groups is 1. The van der Waals surface area contributed by atoms with Gasteiger partial charge in [0.15, 0.2) is 0 Å². The molecule has 0 aliphatic carbocycles. The summed E-state index contributed by atoms with van der Waals surface area (Å²) in [5, 5.41) is 8.89. The first-order valence-corrected chi connectivity index (χ1v) is 6.60. The molecule has 0 aliphatic heterocycles.